The summed E-state index contributed by atoms with van der Waals surface area (Å²) in [6, 6.07) is 6.46. The molecule has 0 radical (unpaired) electrons. The highest BCUT2D eigenvalue weighted by Gasteiger charge is 2.19. The monoisotopic (exact) mass is 250 g/mol. The lowest BCUT2D eigenvalue weighted by Crippen LogP contribution is -2.29. The molecular weight excluding hydrogens is 228 g/mol. The molecule has 1 aliphatic rings. The number of hydrazine groups is 1. The summed E-state index contributed by atoms with van der Waals surface area (Å²) in [5, 5.41) is 0. The first-order valence-electron chi connectivity index (χ1n) is 6.56. The number of fused-ring (bicyclic) bond motifs is 1. The van der Waals surface area contributed by atoms with Crippen LogP contribution in [0.1, 0.15) is 36.4 Å². The number of rotatable bonds is 6. The Morgan fingerprint density at radius 2 is 2.39 bits per heavy atom. The lowest BCUT2D eigenvalue weighted by molar-refractivity contribution is 0.188. The Morgan fingerprint density at radius 3 is 3.17 bits per heavy atom. The van der Waals surface area contributed by atoms with Crippen LogP contribution in [0, 0.1) is 0 Å². The van der Waals surface area contributed by atoms with Gasteiger partial charge in [0.1, 0.15) is 5.75 Å². The SMILES string of the molecule is COCCCC(NN)c1cccc2c1OCCC2. The fraction of sp³-hybridized carbons (Fsp3) is 0.571. The third-order valence-electron chi connectivity index (χ3n) is 3.38. The minimum atomic E-state index is 0.133. The fourth-order valence-electron chi connectivity index (χ4n) is 2.45. The van der Waals surface area contributed by atoms with Gasteiger partial charge in [-0.1, -0.05) is 18.2 Å². The fourth-order valence-corrected chi connectivity index (χ4v) is 2.45. The quantitative estimate of drug-likeness (QED) is 0.460. The summed E-state index contributed by atoms with van der Waals surface area (Å²) in [7, 11) is 1.72. The number of nitrogens with one attached hydrogen (secondary N) is 1. The van der Waals surface area contributed by atoms with E-state index in [2.05, 4.69) is 23.6 Å². The molecule has 0 bridgehead atoms. The maximum absolute atomic E-state index is 5.82. The van der Waals surface area contributed by atoms with Crippen molar-refractivity contribution in [3.05, 3.63) is 29.3 Å². The molecule has 18 heavy (non-hydrogen) atoms. The summed E-state index contributed by atoms with van der Waals surface area (Å²) >= 11 is 0. The summed E-state index contributed by atoms with van der Waals surface area (Å²) in [4.78, 5) is 0. The van der Waals surface area contributed by atoms with E-state index in [1.54, 1.807) is 7.11 Å². The lowest BCUT2D eigenvalue weighted by atomic mass is 9.96. The molecule has 0 aromatic heterocycles. The number of nitrogens with two attached hydrogens (primary N) is 1. The lowest BCUT2D eigenvalue weighted by Gasteiger charge is -2.24. The predicted octanol–water partition coefficient (Wildman–Crippen LogP) is 1.94. The minimum absolute atomic E-state index is 0.133. The van der Waals surface area contributed by atoms with Crippen molar-refractivity contribution >= 4 is 0 Å². The second-order valence-electron chi connectivity index (χ2n) is 4.64. The maximum Gasteiger partial charge on any atom is 0.127 e. The van der Waals surface area contributed by atoms with Gasteiger partial charge in [0.25, 0.3) is 0 Å². The van der Waals surface area contributed by atoms with Crippen molar-refractivity contribution in [1.82, 2.24) is 5.43 Å². The number of benzene rings is 1. The van der Waals surface area contributed by atoms with E-state index in [4.69, 9.17) is 15.3 Å². The second-order valence-corrected chi connectivity index (χ2v) is 4.64. The molecule has 0 saturated heterocycles. The molecular formula is C14H22N2O2. The third-order valence-corrected chi connectivity index (χ3v) is 3.38. The largest absolute Gasteiger partial charge is 0.493 e. The molecule has 0 saturated carbocycles. The van der Waals surface area contributed by atoms with Crippen LogP contribution in [0.15, 0.2) is 18.2 Å². The number of ether oxygens (including phenoxy) is 2. The van der Waals surface area contributed by atoms with Crippen molar-refractivity contribution in [2.45, 2.75) is 31.7 Å². The molecule has 1 heterocycles. The summed E-state index contributed by atoms with van der Waals surface area (Å²) in [6.07, 6.45) is 4.12. The molecule has 0 aliphatic carbocycles. The number of hydrogen-bond acceptors (Lipinski definition) is 4. The summed E-state index contributed by atoms with van der Waals surface area (Å²) in [5.41, 5.74) is 5.36. The molecule has 3 N–H and O–H groups in total. The Morgan fingerprint density at radius 1 is 1.50 bits per heavy atom. The van der Waals surface area contributed by atoms with Crippen LogP contribution in [0.5, 0.6) is 5.75 Å². The van der Waals surface area contributed by atoms with Crippen molar-refractivity contribution in [3.8, 4) is 5.75 Å². The van der Waals surface area contributed by atoms with Gasteiger partial charge in [0, 0.05) is 25.3 Å². The Bertz CT molecular complexity index is 382. The topological polar surface area (TPSA) is 56.5 Å². The third kappa shape index (κ3) is 3.02. The van der Waals surface area contributed by atoms with E-state index < -0.39 is 0 Å². The molecule has 4 heteroatoms. The van der Waals surface area contributed by atoms with E-state index in [1.807, 2.05) is 0 Å². The second kappa shape index (κ2) is 6.73. The van der Waals surface area contributed by atoms with Crippen molar-refractivity contribution in [2.75, 3.05) is 20.3 Å². The highest BCUT2D eigenvalue weighted by molar-refractivity contribution is 5.44. The Kier molecular flexibility index (Phi) is 4.99. The number of aryl methyl sites for hydroxylation is 1. The average Bonchev–Trinajstić information content (AvgIpc) is 2.43. The normalized spacial score (nSPS) is 15.9. The zero-order chi connectivity index (χ0) is 12.8. The van der Waals surface area contributed by atoms with Crippen LogP contribution in [0.4, 0.5) is 0 Å². The molecule has 0 spiro atoms. The van der Waals surface area contributed by atoms with Crippen LogP contribution in [0.2, 0.25) is 0 Å². The van der Waals surface area contributed by atoms with Crippen LogP contribution in [-0.2, 0) is 11.2 Å². The van der Waals surface area contributed by atoms with Crippen molar-refractivity contribution < 1.29 is 9.47 Å². The molecule has 1 unspecified atom stereocenters. The molecule has 1 aromatic carbocycles. The van der Waals surface area contributed by atoms with Crippen LogP contribution in [0.3, 0.4) is 0 Å². The standard InChI is InChI=1S/C14H22N2O2/c1-17-9-4-8-13(16-15)12-7-2-5-11-6-3-10-18-14(11)12/h2,5,7,13,16H,3-4,6,8-10,15H2,1H3. The number of hydrogen-bond donors (Lipinski definition) is 2. The van der Waals surface area contributed by atoms with Crippen molar-refractivity contribution in [2.24, 2.45) is 5.84 Å². The van der Waals surface area contributed by atoms with Gasteiger partial charge in [0.15, 0.2) is 0 Å². The molecule has 2 rings (SSSR count). The first-order valence-corrected chi connectivity index (χ1v) is 6.56. The Hall–Kier alpha value is -1.10. The van der Waals surface area contributed by atoms with Gasteiger partial charge in [-0.3, -0.25) is 11.3 Å². The molecule has 1 atom stereocenters. The van der Waals surface area contributed by atoms with Gasteiger partial charge in [0.2, 0.25) is 0 Å². The summed E-state index contributed by atoms with van der Waals surface area (Å²) < 4.78 is 10.9. The molecule has 1 aromatic rings. The van der Waals surface area contributed by atoms with Gasteiger partial charge in [-0.2, -0.15) is 0 Å². The van der Waals surface area contributed by atoms with Crippen molar-refractivity contribution in [1.29, 1.82) is 0 Å². The smallest absolute Gasteiger partial charge is 0.127 e. The number of methoxy groups -OCH3 is 1. The zero-order valence-electron chi connectivity index (χ0n) is 10.9. The first kappa shape index (κ1) is 13.3. The molecule has 4 nitrogen and oxygen atoms in total. The van der Waals surface area contributed by atoms with E-state index >= 15 is 0 Å². The summed E-state index contributed by atoms with van der Waals surface area (Å²) in [6.45, 7) is 1.56. The predicted molar refractivity (Wildman–Crippen MR) is 71.4 cm³/mol. The van der Waals surface area contributed by atoms with Crippen LogP contribution < -0.4 is 16.0 Å². The van der Waals surface area contributed by atoms with Gasteiger partial charge in [-0.15, -0.1) is 0 Å². The van der Waals surface area contributed by atoms with Gasteiger partial charge in [0.05, 0.1) is 6.61 Å². The summed E-state index contributed by atoms with van der Waals surface area (Å²) in [5.74, 6) is 6.71. The molecule has 1 aliphatic heterocycles. The Balaban J connectivity index is 2.14. The van der Waals surface area contributed by atoms with Crippen molar-refractivity contribution in [3.63, 3.8) is 0 Å². The van der Waals surface area contributed by atoms with Gasteiger partial charge in [-0.05, 0) is 31.2 Å². The maximum atomic E-state index is 5.82. The first-order chi connectivity index (χ1) is 8.86. The Labute approximate surface area is 108 Å². The van der Waals surface area contributed by atoms with E-state index in [0.29, 0.717) is 0 Å². The van der Waals surface area contributed by atoms with E-state index in [-0.39, 0.29) is 6.04 Å². The minimum Gasteiger partial charge on any atom is -0.493 e. The van der Waals surface area contributed by atoms with E-state index in [9.17, 15) is 0 Å². The van der Waals surface area contributed by atoms with Crippen LogP contribution in [0.25, 0.3) is 0 Å². The van der Waals surface area contributed by atoms with Crippen LogP contribution >= 0.6 is 0 Å². The molecule has 100 valence electrons. The highest BCUT2D eigenvalue weighted by atomic mass is 16.5. The van der Waals surface area contributed by atoms with Crippen LogP contribution in [-0.4, -0.2) is 20.3 Å². The molecule has 0 fully saturated rings. The zero-order valence-corrected chi connectivity index (χ0v) is 10.9. The van der Waals surface area contributed by atoms with E-state index in [1.165, 1.54) is 11.1 Å². The van der Waals surface area contributed by atoms with Gasteiger partial charge < -0.3 is 9.47 Å². The van der Waals surface area contributed by atoms with Gasteiger partial charge >= 0.3 is 0 Å². The van der Waals surface area contributed by atoms with Gasteiger partial charge in [-0.25, -0.2) is 0 Å². The average molecular weight is 250 g/mol. The highest BCUT2D eigenvalue weighted by Crippen LogP contribution is 2.34. The number of para-hydroxylation sites is 1. The van der Waals surface area contributed by atoms with E-state index in [0.717, 1.165) is 44.6 Å². The molecule has 0 amide bonds.